The molecule has 1 aliphatic rings. The molecule has 1 N–H and O–H groups in total. The number of nitro groups is 1. The Kier molecular flexibility index (Phi) is 4.90. The van der Waals surface area contributed by atoms with Gasteiger partial charge in [0.25, 0.3) is 0 Å². The molecule has 10 nitrogen and oxygen atoms in total. The fourth-order valence-corrected chi connectivity index (χ4v) is 3.67. The van der Waals surface area contributed by atoms with Gasteiger partial charge in [0.15, 0.2) is 15.8 Å². The minimum atomic E-state index is -0.463. The minimum Gasteiger partial charge on any atom is -0.366 e. The third kappa shape index (κ3) is 3.29. The lowest BCUT2D eigenvalue weighted by Gasteiger charge is -2.32. The van der Waals surface area contributed by atoms with Crippen LogP contribution in [0.1, 0.15) is 19.8 Å². The summed E-state index contributed by atoms with van der Waals surface area (Å²) in [5.41, 5.74) is 1.21. The number of rotatable bonds is 4. The molecule has 146 valence electrons. The number of nitro benzene ring substituents is 1. The van der Waals surface area contributed by atoms with Gasteiger partial charge in [0.2, 0.25) is 5.52 Å². The molecule has 0 aliphatic carbocycles. The highest BCUT2D eigenvalue weighted by atomic mass is 35.5. The fraction of sp³-hybridized carbons (Fsp3) is 0.375. The largest absolute Gasteiger partial charge is 0.366 e. The maximum Gasteiger partial charge on any atom is 0.323 e. The van der Waals surface area contributed by atoms with E-state index in [0.717, 1.165) is 12.8 Å². The molecule has 1 aliphatic heterocycles. The Balaban J connectivity index is 1.86. The average molecular weight is 424 g/mol. The van der Waals surface area contributed by atoms with Gasteiger partial charge in [-0.1, -0.05) is 30.1 Å². The van der Waals surface area contributed by atoms with Crippen molar-refractivity contribution in [2.45, 2.75) is 19.8 Å². The van der Waals surface area contributed by atoms with E-state index in [2.05, 4.69) is 32.5 Å². The van der Waals surface area contributed by atoms with Crippen molar-refractivity contribution in [1.29, 1.82) is 0 Å². The van der Waals surface area contributed by atoms with E-state index in [0.29, 0.717) is 30.4 Å². The predicted molar refractivity (Wildman–Crippen MR) is 104 cm³/mol. The summed E-state index contributed by atoms with van der Waals surface area (Å²) in [6.07, 6.45) is 3.12. The molecule has 3 aromatic rings. The number of fused-ring (bicyclic) bond motifs is 1. The van der Waals surface area contributed by atoms with Crippen LogP contribution in [0.4, 0.5) is 22.7 Å². The second-order valence-corrected chi connectivity index (χ2v) is 7.35. The van der Waals surface area contributed by atoms with Crippen LogP contribution in [-0.2, 0) is 0 Å². The Morgan fingerprint density at radius 2 is 1.86 bits per heavy atom. The lowest BCUT2D eigenvalue weighted by Crippen LogP contribution is -2.33. The van der Waals surface area contributed by atoms with Gasteiger partial charge in [-0.2, -0.15) is 0 Å². The highest BCUT2D eigenvalue weighted by molar-refractivity contribution is 6.37. The Morgan fingerprint density at radius 1 is 1.21 bits per heavy atom. The Hall–Kier alpha value is -2.72. The number of nitrogens with zero attached hydrogens (tertiary/aromatic N) is 6. The van der Waals surface area contributed by atoms with E-state index in [4.69, 9.17) is 27.8 Å². The van der Waals surface area contributed by atoms with Crippen LogP contribution in [0.25, 0.3) is 11.0 Å². The summed E-state index contributed by atoms with van der Waals surface area (Å²) in [5.74, 6) is 0.574. The molecule has 0 bridgehead atoms. The van der Waals surface area contributed by atoms with E-state index in [1.807, 2.05) is 4.90 Å². The van der Waals surface area contributed by atoms with Crippen molar-refractivity contribution in [1.82, 2.24) is 20.3 Å². The summed E-state index contributed by atoms with van der Waals surface area (Å²) in [4.78, 5) is 21.1. The number of halogens is 2. The number of hydrogen-bond acceptors (Lipinski definition) is 9. The van der Waals surface area contributed by atoms with Crippen molar-refractivity contribution in [3.63, 3.8) is 0 Å². The molecule has 0 amide bonds. The summed E-state index contributed by atoms with van der Waals surface area (Å²) < 4.78 is 4.79. The van der Waals surface area contributed by atoms with Crippen LogP contribution in [-0.4, -0.2) is 38.3 Å². The van der Waals surface area contributed by atoms with Gasteiger partial charge in [0.05, 0.1) is 10.6 Å². The monoisotopic (exact) mass is 423 g/mol. The first kappa shape index (κ1) is 18.6. The van der Waals surface area contributed by atoms with Crippen molar-refractivity contribution in [2.75, 3.05) is 23.3 Å². The van der Waals surface area contributed by atoms with Crippen LogP contribution in [0.15, 0.2) is 17.0 Å². The minimum absolute atomic E-state index is 0.0488. The molecule has 1 fully saturated rings. The number of nitrogens with one attached hydrogen (secondary N) is 1. The second-order valence-electron chi connectivity index (χ2n) is 6.64. The molecular formula is C16H15Cl2N7O3. The maximum absolute atomic E-state index is 11.8. The number of hydrogen-bond donors (Lipinski definition) is 1. The number of piperidine rings is 1. The first-order valence-corrected chi connectivity index (χ1v) is 9.33. The predicted octanol–water partition coefficient (Wildman–Crippen LogP) is 4.21. The van der Waals surface area contributed by atoms with E-state index in [1.165, 1.54) is 6.33 Å². The quantitative estimate of drug-likeness (QED) is 0.373. The molecule has 0 saturated carbocycles. The molecule has 12 heteroatoms. The van der Waals surface area contributed by atoms with Gasteiger partial charge in [0.1, 0.15) is 17.7 Å². The van der Waals surface area contributed by atoms with Crippen LogP contribution in [0, 0.1) is 16.0 Å². The summed E-state index contributed by atoms with van der Waals surface area (Å²) in [7, 11) is 0. The SMILES string of the molecule is CC1CCN(c2cc(Nc3c(Cl)ncnc3Cl)c3nonc3c2[N+](=O)[O-])CC1. The van der Waals surface area contributed by atoms with Crippen molar-refractivity contribution >= 4 is 57.0 Å². The molecule has 0 radical (unpaired) electrons. The Bertz CT molecular complexity index is 1030. The fourth-order valence-electron chi connectivity index (χ4n) is 3.26. The molecule has 0 atom stereocenters. The highest BCUT2D eigenvalue weighted by Crippen LogP contribution is 2.42. The molecule has 4 rings (SSSR count). The van der Waals surface area contributed by atoms with Crippen molar-refractivity contribution < 1.29 is 9.55 Å². The van der Waals surface area contributed by atoms with Crippen LogP contribution in [0.5, 0.6) is 0 Å². The van der Waals surface area contributed by atoms with Crippen molar-refractivity contribution in [2.24, 2.45) is 5.92 Å². The van der Waals surface area contributed by atoms with Gasteiger partial charge < -0.3 is 10.2 Å². The molecule has 2 aromatic heterocycles. The summed E-state index contributed by atoms with van der Waals surface area (Å²) >= 11 is 12.2. The topological polar surface area (TPSA) is 123 Å². The highest BCUT2D eigenvalue weighted by Gasteiger charge is 2.30. The summed E-state index contributed by atoms with van der Waals surface area (Å²) in [6, 6.07) is 1.64. The zero-order chi connectivity index (χ0) is 19.8. The lowest BCUT2D eigenvalue weighted by atomic mass is 9.98. The van der Waals surface area contributed by atoms with Gasteiger partial charge in [-0.25, -0.2) is 14.6 Å². The van der Waals surface area contributed by atoms with Gasteiger partial charge in [-0.3, -0.25) is 10.1 Å². The number of aromatic nitrogens is 4. The van der Waals surface area contributed by atoms with Crippen LogP contribution in [0.2, 0.25) is 10.3 Å². The molecule has 28 heavy (non-hydrogen) atoms. The molecule has 3 heterocycles. The van der Waals surface area contributed by atoms with E-state index < -0.39 is 4.92 Å². The van der Waals surface area contributed by atoms with Crippen LogP contribution < -0.4 is 10.2 Å². The molecule has 1 saturated heterocycles. The van der Waals surface area contributed by atoms with Gasteiger partial charge in [-0.05, 0) is 35.1 Å². The Labute approximate surface area is 168 Å². The first-order chi connectivity index (χ1) is 13.5. The maximum atomic E-state index is 11.8. The normalized spacial score (nSPS) is 15.2. The van der Waals surface area contributed by atoms with E-state index >= 15 is 0 Å². The zero-order valence-corrected chi connectivity index (χ0v) is 16.2. The van der Waals surface area contributed by atoms with Crippen molar-refractivity contribution in [3.8, 4) is 0 Å². The zero-order valence-electron chi connectivity index (χ0n) is 14.7. The lowest BCUT2D eigenvalue weighted by molar-refractivity contribution is -0.382. The number of benzene rings is 1. The average Bonchev–Trinajstić information content (AvgIpc) is 3.14. The third-order valence-electron chi connectivity index (χ3n) is 4.81. The smallest absolute Gasteiger partial charge is 0.323 e. The standard InChI is InChI=1S/C16H15Cl2N7O3/c1-8-2-4-24(5-3-8)10-6-9(21-13-15(17)19-7-20-16(13)18)11-12(23-28-22-11)14(10)25(26)27/h6-8,21H,2-5H2,1H3. The van der Waals surface area contributed by atoms with E-state index in [9.17, 15) is 10.1 Å². The van der Waals surface area contributed by atoms with Gasteiger partial charge in [0, 0.05) is 13.1 Å². The molecular weight excluding hydrogens is 409 g/mol. The van der Waals surface area contributed by atoms with Crippen LogP contribution >= 0.6 is 23.2 Å². The van der Waals surface area contributed by atoms with E-state index in [-0.39, 0.29) is 32.7 Å². The molecule has 1 aromatic carbocycles. The molecule has 0 unspecified atom stereocenters. The van der Waals surface area contributed by atoms with E-state index in [1.54, 1.807) is 6.07 Å². The van der Waals surface area contributed by atoms with Gasteiger partial charge in [-0.15, -0.1) is 0 Å². The summed E-state index contributed by atoms with van der Waals surface area (Å²) in [6.45, 7) is 3.57. The van der Waals surface area contributed by atoms with Crippen molar-refractivity contribution in [3.05, 3.63) is 32.8 Å². The second kappa shape index (κ2) is 7.36. The number of anilines is 3. The Morgan fingerprint density at radius 3 is 2.50 bits per heavy atom. The van der Waals surface area contributed by atoms with Gasteiger partial charge >= 0.3 is 5.69 Å². The third-order valence-corrected chi connectivity index (χ3v) is 5.39. The molecule has 0 spiro atoms. The van der Waals surface area contributed by atoms with Crippen LogP contribution in [0.3, 0.4) is 0 Å². The summed E-state index contributed by atoms with van der Waals surface area (Å²) in [5, 5.41) is 22.6. The first-order valence-electron chi connectivity index (χ1n) is 8.57.